The normalized spacial score (nSPS) is 10.7. The van der Waals surface area contributed by atoms with Crippen molar-refractivity contribution in [1.82, 2.24) is 15.5 Å². The monoisotopic (exact) mass is 383 g/mol. The van der Waals surface area contributed by atoms with Gasteiger partial charge >= 0.3 is 0 Å². The van der Waals surface area contributed by atoms with Crippen LogP contribution in [0.4, 0.5) is 0 Å². The van der Waals surface area contributed by atoms with Crippen LogP contribution in [0.2, 0.25) is 0 Å². The molecule has 0 aliphatic carbocycles. The number of nitrogens with one attached hydrogen (secondary N) is 1. The van der Waals surface area contributed by atoms with Crippen LogP contribution in [-0.2, 0) is 6.54 Å². The van der Waals surface area contributed by atoms with E-state index in [4.69, 9.17) is 4.42 Å². The average molecular weight is 383 g/mol. The number of carbonyl (C=O) groups excluding carboxylic acids is 1. The average Bonchev–Trinajstić information content (AvgIpc) is 3.23. The van der Waals surface area contributed by atoms with Gasteiger partial charge in [0.15, 0.2) is 0 Å². The maximum atomic E-state index is 12.4. The Morgan fingerprint density at radius 3 is 2.21 bits per heavy atom. The van der Waals surface area contributed by atoms with Gasteiger partial charge in [0.2, 0.25) is 11.8 Å². The van der Waals surface area contributed by atoms with E-state index >= 15 is 0 Å². The van der Waals surface area contributed by atoms with E-state index in [-0.39, 0.29) is 5.91 Å². The zero-order chi connectivity index (χ0) is 20.2. The summed E-state index contributed by atoms with van der Waals surface area (Å²) < 4.78 is 5.83. The van der Waals surface area contributed by atoms with Crippen molar-refractivity contribution in [2.24, 2.45) is 0 Å². The molecule has 0 bridgehead atoms. The Morgan fingerprint density at radius 1 is 0.828 bits per heavy atom. The molecule has 0 fully saturated rings. The fourth-order valence-electron chi connectivity index (χ4n) is 3.11. The van der Waals surface area contributed by atoms with Gasteiger partial charge in [0.1, 0.15) is 0 Å². The van der Waals surface area contributed by atoms with Crippen LogP contribution >= 0.6 is 0 Å². The standard InChI is InChI=1S/C24H21N3O2/c1-16-7-3-5-9-20(16)15-25-22(28)18-11-13-19(14-12-18)23-26-27-24(29-23)21-10-6-4-8-17(21)2/h3-14H,15H2,1-2H3,(H,25,28). The van der Waals surface area contributed by atoms with Gasteiger partial charge < -0.3 is 9.73 Å². The number of hydrogen-bond acceptors (Lipinski definition) is 4. The smallest absolute Gasteiger partial charge is 0.251 e. The maximum Gasteiger partial charge on any atom is 0.251 e. The Labute approximate surface area is 169 Å². The van der Waals surface area contributed by atoms with Crippen LogP contribution in [0, 0.1) is 13.8 Å². The first-order valence-corrected chi connectivity index (χ1v) is 9.44. The highest BCUT2D eigenvalue weighted by atomic mass is 16.4. The van der Waals surface area contributed by atoms with Crippen LogP contribution in [0.3, 0.4) is 0 Å². The third-order valence-electron chi connectivity index (χ3n) is 4.90. The Morgan fingerprint density at radius 2 is 1.48 bits per heavy atom. The van der Waals surface area contributed by atoms with Crippen molar-refractivity contribution in [2.75, 3.05) is 0 Å². The predicted molar refractivity (Wildman–Crippen MR) is 112 cm³/mol. The number of hydrogen-bond donors (Lipinski definition) is 1. The van der Waals surface area contributed by atoms with Gasteiger partial charge in [-0.2, -0.15) is 0 Å². The van der Waals surface area contributed by atoms with Gasteiger partial charge in [-0.1, -0.05) is 42.5 Å². The molecule has 1 heterocycles. The van der Waals surface area contributed by atoms with Crippen molar-refractivity contribution in [1.29, 1.82) is 0 Å². The third kappa shape index (κ3) is 4.09. The molecule has 0 aliphatic rings. The highest BCUT2D eigenvalue weighted by Gasteiger charge is 2.13. The molecule has 5 heteroatoms. The van der Waals surface area contributed by atoms with E-state index in [0.717, 1.165) is 27.8 Å². The Bertz CT molecular complexity index is 1150. The van der Waals surface area contributed by atoms with Gasteiger partial charge in [0, 0.05) is 23.2 Å². The molecule has 0 atom stereocenters. The minimum Gasteiger partial charge on any atom is -0.416 e. The second-order valence-corrected chi connectivity index (χ2v) is 6.91. The SMILES string of the molecule is Cc1ccccc1CNC(=O)c1ccc(-c2nnc(-c3ccccc3C)o2)cc1. The zero-order valence-corrected chi connectivity index (χ0v) is 16.3. The molecule has 1 aromatic heterocycles. The maximum absolute atomic E-state index is 12.4. The van der Waals surface area contributed by atoms with E-state index in [1.807, 2.05) is 74.5 Å². The second-order valence-electron chi connectivity index (χ2n) is 6.91. The van der Waals surface area contributed by atoms with Crippen molar-refractivity contribution in [2.45, 2.75) is 20.4 Å². The molecule has 144 valence electrons. The van der Waals surface area contributed by atoms with Crippen LogP contribution in [0.15, 0.2) is 77.2 Å². The van der Waals surface area contributed by atoms with Crippen molar-refractivity contribution in [3.63, 3.8) is 0 Å². The summed E-state index contributed by atoms with van der Waals surface area (Å²) in [5, 5.41) is 11.3. The number of nitrogens with zero attached hydrogens (tertiary/aromatic N) is 2. The molecular weight excluding hydrogens is 362 g/mol. The minimum atomic E-state index is -0.120. The van der Waals surface area contributed by atoms with E-state index in [2.05, 4.69) is 15.5 Å². The summed E-state index contributed by atoms with van der Waals surface area (Å²) in [4.78, 5) is 12.4. The lowest BCUT2D eigenvalue weighted by atomic mass is 10.1. The van der Waals surface area contributed by atoms with E-state index in [9.17, 15) is 4.79 Å². The summed E-state index contributed by atoms with van der Waals surface area (Å²) in [6, 6.07) is 23.0. The largest absolute Gasteiger partial charge is 0.416 e. The lowest BCUT2D eigenvalue weighted by Crippen LogP contribution is -2.23. The van der Waals surface area contributed by atoms with E-state index in [1.54, 1.807) is 12.1 Å². The van der Waals surface area contributed by atoms with Gasteiger partial charge in [0.05, 0.1) is 0 Å². The van der Waals surface area contributed by atoms with Crippen LogP contribution in [0.25, 0.3) is 22.9 Å². The zero-order valence-electron chi connectivity index (χ0n) is 16.3. The van der Waals surface area contributed by atoms with Crippen LogP contribution in [0.1, 0.15) is 27.0 Å². The lowest BCUT2D eigenvalue weighted by Gasteiger charge is -2.08. The molecule has 4 rings (SSSR count). The van der Waals surface area contributed by atoms with Crippen LogP contribution in [-0.4, -0.2) is 16.1 Å². The highest BCUT2D eigenvalue weighted by Crippen LogP contribution is 2.26. The van der Waals surface area contributed by atoms with E-state index < -0.39 is 0 Å². The topological polar surface area (TPSA) is 68.0 Å². The number of carbonyl (C=O) groups is 1. The molecule has 0 saturated heterocycles. The summed E-state index contributed by atoms with van der Waals surface area (Å²) >= 11 is 0. The summed E-state index contributed by atoms with van der Waals surface area (Å²) in [6.45, 7) is 4.53. The molecular formula is C24H21N3O2. The summed E-state index contributed by atoms with van der Waals surface area (Å²) in [6.07, 6.45) is 0. The van der Waals surface area contributed by atoms with Crippen molar-refractivity contribution >= 4 is 5.91 Å². The molecule has 0 radical (unpaired) electrons. The molecule has 0 spiro atoms. The number of aryl methyl sites for hydroxylation is 2. The minimum absolute atomic E-state index is 0.120. The molecule has 5 nitrogen and oxygen atoms in total. The number of benzene rings is 3. The van der Waals surface area contributed by atoms with Crippen LogP contribution in [0.5, 0.6) is 0 Å². The van der Waals surface area contributed by atoms with Crippen molar-refractivity contribution in [3.05, 3.63) is 95.1 Å². The molecule has 0 unspecified atom stereocenters. The van der Waals surface area contributed by atoms with E-state index in [0.29, 0.717) is 23.9 Å². The molecule has 29 heavy (non-hydrogen) atoms. The van der Waals surface area contributed by atoms with Crippen molar-refractivity contribution < 1.29 is 9.21 Å². The Kier molecular flexibility index (Phi) is 5.20. The Hall–Kier alpha value is -3.73. The van der Waals surface area contributed by atoms with Crippen LogP contribution < -0.4 is 5.32 Å². The third-order valence-corrected chi connectivity index (χ3v) is 4.90. The number of aromatic nitrogens is 2. The van der Waals surface area contributed by atoms with Gasteiger partial charge in [-0.05, 0) is 60.9 Å². The molecule has 0 saturated carbocycles. The highest BCUT2D eigenvalue weighted by molar-refractivity contribution is 5.94. The molecule has 1 amide bonds. The summed E-state index contributed by atoms with van der Waals surface area (Å²) in [7, 11) is 0. The van der Waals surface area contributed by atoms with E-state index in [1.165, 1.54) is 0 Å². The first-order valence-electron chi connectivity index (χ1n) is 9.44. The number of amides is 1. The molecule has 3 aromatic carbocycles. The van der Waals surface area contributed by atoms with Gasteiger partial charge in [-0.25, -0.2) is 0 Å². The molecule has 4 aromatic rings. The fraction of sp³-hybridized carbons (Fsp3) is 0.125. The fourth-order valence-corrected chi connectivity index (χ4v) is 3.11. The van der Waals surface area contributed by atoms with Gasteiger partial charge in [-0.15, -0.1) is 10.2 Å². The second kappa shape index (κ2) is 8.10. The molecule has 0 aliphatic heterocycles. The lowest BCUT2D eigenvalue weighted by molar-refractivity contribution is 0.0951. The van der Waals surface area contributed by atoms with Gasteiger partial charge in [-0.3, -0.25) is 4.79 Å². The van der Waals surface area contributed by atoms with Crippen molar-refractivity contribution in [3.8, 4) is 22.9 Å². The predicted octanol–water partition coefficient (Wildman–Crippen LogP) is 4.95. The quantitative estimate of drug-likeness (QED) is 0.529. The number of rotatable bonds is 5. The summed E-state index contributed by atoms with van der Waals surface area (Å²) in [5.41, 5.74) is 5.60. The Balaban J connectivity index is 1.46. The first-order chi connectivity index (χ1) is 14.1. The first kappa shape index (κ1) is 18.6. The van der Waals surface area contributed by atoms with Gasteiger partial charge in [0.25, 0.3) is 5.91 Å². The molecule has 1 N–H and O–H groups in total. The summed E-state index contributed by atoms with van der Waals surface area (Å²) in [5.74, 6) is 0.791.